The van der Waals surface area contributed by atoms with E-state index in [0.29, 0.717) is 13.2 Å². The molecule has 8 rings (SSSR count). The van der Waals surface area contributed by atoms with Gasteiger partial charge in [0.05, 0.1) is 18.9 Å². The summed E-state index contributed by atoms with van der Waals surface area (Å²) in [5, 5.41) is 2.44. The van der Waals surface area contributed by atoms with Crippen LogP contribution in [0.5, 0.6) is 0 Å². The summed E-state index contributed by atoms with van der Waals surface area (Å²) in [7, 11) is 0. The molecule has 0 aliphatic rings. The van der Waals surface area contributed by atoms with Crippen LogP contribution in [0.3, 0.4) is 0 Å². The number of para-hydroxylation sites is 2. The largest absolute Gasteiger partial charge is 0.372 e. The van der Waals surface area contributed by atoms with Gasteiger partial charge in [0.15, 0.2) is 0 Å². The molecule has 0 aliphatic carbocycles. The molecule has 0 bridgehead atoms. The molecule has 0 aromatic heterocycles. The van der Waals surface area contributed by atoms with Crippen molar-refractivity contribution in [3.63, 3.8) is 0 Å². The van der Waals surface area contributed by atoms with E-state index in [9.17, 15) is 0 Å². The molecule has 0 unspecified atom stereocenters. The zero-order valence-corrected chi connectivity index (χ0v) is 29.6. The van der Waals surface area contributed by atoms with Gasteiger partial charge in [0.2, 0.25) is 0 Å². The first kappa shape index (κ1) is 33.5. The van der Waals surface area contributed by atoms with Crippen LogP contribution in [0.2, 0.25) is 0 Å². The number of hydrogen-bond donors (Lipinski definition) is 0. The normalized spacial score (nSPS) is 10.9. The summed E-state index contributed by atoms with van der Waals surface area (Å²) in [5.41, 5.74) is 12.4. The van der Waals surface area contributed by atoms with E-state index in [1.54, 1.807) is 0 Å². The summed E-state index contributed by atoms with van der Waals surface area (Å²) in [6.45, 7) is 4.95. The van der Waals surface area contributed by atoms with Gasteiger partial charge in [0.25, 0.3) is 0 Å². The molecule has 0 fully saturated rings. The lowest BCUT2D eigenvalue weighted by Crippen LogP contribution is -2.10. The Bertz CT molecular complexity index is 2400. The zero-order chi connectivity index (χ0) is 35.8. The van der Waals surface area contributed by atoms with Gasteiger partial charge in [0, 0.05) is 33.8 Å². The van der Waals surface area contributed by atoms with Gasteiger partial charge < -0.3 is 14.5 Å². The average molecular weight is 685 g/mol. The smallest absolute Gasteiger partial charge is 0.0721 e. The monoisotopic (exact) mass is 684 g/mol. The summed E-state index contributed by atoms with van der Waals surface area (Å²) < 4.78 is 6.04. The van der Waals surface area contributed by atoms with Crippen LogP contribution in [0.25, 0.3) is 28.0 Å². The average Bonchev–Trinajstić information content (AvgIpc) is 3.23. The van der Waals surface area contributed by atoms with Crippen molar-refractivity contribution < 1.29 is 4.74 Å². The molecule has 0 amide bonds. The topological polar surface area (TPSA) is 15.7 Å². The molecule has 0 atom stereocenters. The van der Waals surface area contributed by atoms with Gasteiger partial charge in [-0.1, -0.05) is 146 Å². The van der Waals surface area contributed by atoms with Gasteiger partial charge in [-0.3, -0.25) is 0 Å². The number of anilines is 6. The second kappa shape index (κ2) is 15.7. The van der Waals surface area contributed by atoms with Gasteiger partial charge in [-0.15, -0.1) is 0 Å². The van der Waals surface area contributed by atoms with E-state index >= 15 is 0 Å². The SMILES string of the molecule is C=Cc1ccc(COCc2ccc(N(c3ccccc3)c3ccc(-c4ccc(N(c5ccccc5)c5cccc6ccccc56)cc4)cc3)cc2)cc1. The van der Waals surface area contributed by atoms with Crippen molar-refractivity contribution in [3.8, 4) is 11.1 Å². The lowest BCUT2D eigenvalue weighted by atomic mass is 10.0. The first-order chi connectivity index (χ1) is 26.2. The fraction of sp³-hybridized carbons (Fsp3) is 0.0400. The summed E-state index contributed by atoms with van der Waals surface area (Å²) in [6, 6.07) is 70.9. The number of fused-ring (bicyclic) bond motifs is 1. The molecular formula is C50H40N2O. The summed E-state index contributed by atoms with van der Waals surface area (Å²) >= 11 is 0. The lowest BCUT2D eigenvalue weighted by molar-refractivity contribution is 0.107. The van der Waals surface area contributed by atoms with E-state index in [0.717, 1.165) is 56.4 Å². The van der Waals surface area contributed by atoms with E-state index < -0.39 is 0 Å². The van der Waals surface area contributed by atoms with Crippen molar-refractivity contribution in [1.82, 2.24) is 0 Å². The predicted molar refractivity (Wildman–Crippen MR) is 224 cm³/mol. The van der Waals surface area contributed by atoms with Crippen LogP contribution in [-0.2, 0) is 18.0 Å². The van der Waals surface area contributed by atoms with Crippen molar-refractivity contribution in [3.05, 3.63) is 223 Å². The van der Waals surface area contributed by atoms with Gasteiger partial charge in [-0.05, 0) is 99.9 Å². The number of rotatable bonds is 12. The van der Waals surface area contributed by atoms with Crippen molar-refractivity contribution in [2.24, 2.45) is 0 Å². The van der Waals surface area contributed by atoms with Crippen LogP contribution >= 0.6 is 0 Å². The molecule has 256 valence electrons. The van der Waals surface area contributed by atoms with E-state index in [4.69, 9.17) is 4.74 Å². The van der Waals surface area contributed by atoms with Crippen LogP contribution < -0.4 is 9.80 Å². The standard InChI is InChI=1S/C50H40N2O/c1-2-38-20-22-39(23-21-38)36-53-37-40-24-30-46(31-25-40)51(44-14-5-3-6-15-44)47-32-26-41(27-33-47)42-28-34-48(35-29-42)52(45-16-7-4-8-17-45)50-19-11-13-43-12-9-10-18-49(43)50/h2-35H,1,36-37H2. The molecular weight excluding hydrogens is 645 g/mol. The molecule has 3 heteroatoms. The molecule has 0 radical (unpaired) electrons. The van der Waals surface area contributed by atoms with E-state index in [-0.39, 0.29) is 0 Å². The highest BCUT2D eigenvalue weighted by Gasteiger charge is 2.16. The molecule has 0 spiro atoms. The van der Waals surface area contributed by atoms with Crippen LogP contribution in [-0.4, -0.2) is 0 Å². The molecule has 0 aliphatic heterocycles. The van der Waals surface area contributed by atoms with Gasteiger partial charge in [0.1, 0.15) is 0 Å². The van der Waals surface area contributed by atoms with E-state index in [1.807, 2.05) is 6.08 Å². The van der Waals surface area contributed by atoms with Crippen LogP contribution in [0, 0.1) is 0 Å². The van der Waals surface area contributed by atoms with Crippen molar-refractivity contribution in [1.29, 1.82) is 0 Å². The Morgan fingerprint density at radius 1 is 0.396 bits per heavy atom. The third-order valence-electron chi connectivity index (χ3n) is 9.57. The van der Waals surface area contributed by atoms with Crippen molar-refractivity contribution >= 4 is 51.0 Å². The molecule has 8 aromatic carbocycles. The first-order valence-corrected chi connectivity index (χ1v) is 18.0. The van der Waals surface area contributed by atoms with E-state index in [2.05, 4.69) is 217 Å². The van der Waals surface area contributed by atoms with Crippen LogP contribution in [0.1, 0.15) is 16.7 Å². The lowest BCUT2D eigenvalue weighted by Gasteiger charge is -2.27. The number of hydrogen-bond acceptors (Lipinski definition) is 3. The molecule has 8 aromatic rings. The van der Waals surface area contributed by atoms with E-state index in [1.165, 1.54) is 16.3 Å². The first-order valence-electron chi connectivity index (χ1n) is 18.0. The Morgan fingerprint density at radius 3 is 1.40 bits per heavy atom. The molecule has 0 saturated heterocycles. The summed E-state index contributed by atoms with van der Waals surface area (Å²) in [4.78, 5) is 4.63. The molecule has 0 N–H and O–H groups in total. The quantitative estimate of drug-likeness (QED) is 0.127. The second-order valence-corrected chi connectivity index (χ2v) is 13.0. The highest BCUT2D eigenvalue weighted by Crippen LogP contribution is 2.40. The third-order valence-corrected chi connectivity index (χ3v) is 9.57. The summed E-state index contributed by atoms with van der Waals surface area (Å²) in [5.74, 6) is 0. The Hall–Kier alpha value is -6.68. The van der Waals surface area contributed by atoms with Crippen molar-refractivity contribution in [2.45, 2.75) is 13.2 Å². The minimum absolute atomic E-state index is 0.549. The minimum atomic E-state index is 0.549. The Balaban J connectivity index is 1.03. The predicted octanol–water partition coefficient (Wildman–Crippen LogP) is 13.8. The third kappa shape index (κ3) is 7.52. The maximum Gasteiger partial charge on any atom is 0.0721 e. The highest BCUT2D eigenvalue weighted by molar-refractivity contribution is 5.99. The molecule has 53 heavy (non-hydrogen) atoms. The molecule has 0 heterocycles. The highest BCUT2D eigenvalue weighted by atomic mass is 16.5. The Morgan fingerprint density at radius 2 is 0.830 bits per heavy atom. The molecule has 0 saturated carbocycles. The van der Waals surface area contributed by atoms with Crippen LogP contribution in [0.4, 0.5) is 34.1 Å². The fourth-order valence-corrected chi connectivity index (χ4v) is 6.82. The zero-order valence-electron chi connectivity index (χ0n) is 29.6. The van der Waals surface area contributed by atoms with Crippen LogP contribution in [0.15, 0.2) is 207 Å². The number of ether oxygens (including phenoxy) is 1. The maximum absolute atomic E-state index is 6.04. The van der Waals surface area contributed by atoms with Gasteiger partial charge in [-0.25, -0.2) is 0 Å². The maximum atomic E-state index is 6.04. The van der Waals surface area contributed by atoms with Gasteiger partial charge >= 0.3 is 0 Å². The Labute approximate surface area is 312 Å². The number of nitrogens with zero attached hydrogens (tertiary/aromatic N) is 2. The Kier molecular flexibility index (Phi) is 9.91. The summed E-state index contributed by atoms with van der Waals surface area (Å²) in [6.07, 6.45) is 1.85. The second-order valence-electron chi connectivity index (χ2n) is 13.0. The van der Waals surface area contributed by atoms with Gasteiger partial charge in [-0.2, -0.15) is 0 Å². The van der Waals surface area contributed by atoms with Crippen molar-refractivity contribution in [2.75, 3.05) is 9.80 Å². The molecule has 3 nitrogen and oxygen atoms in total. The number of benzene rings is 8. The minimum Gasteiger partial charge on any atom is -0.372 e. The fourth-order valence-electron chi connectivity index (χ4n) is 6.82.